The summed E-state index contributed by atoms with van der Waals surface area (Å²) in [5, 5.41) is 0. The number of ether oxygens (including phenoxy) is 2. The summed E-state index contributed by atoms with van der Waals surface area (Å²) in [6.07, 6.45) is 7.79. The summed E-state index contributed by atoms with van der Waals surface area (Å²) >= 11 is 0. The molecule has 2 heteroatoms. The van der Waals surface area contributed by atoms with Crippen molar-refractivity contribution in [3.63, 3.8) is 0 Å². The van der Waals surface area contributed by atoms with Crippen molar-refractivity contribution in [1.29, 1.82) is 0 Å². The van der Waals surface area contributed by atoms with Crippen molar-refractivity contribution in [2.24, 2.45) is 0 Å². The van der Waals surface area contributed by atoms with E-state index in [0.29, 0.717) is 6.61 Å². The van der Waals surface area contributed by atoms with Crippen LogP contribution in [0.4, 0.5) is 0 Å². The van der Waals surface area contributed by atoms with Crippen LogP contribution in [0.3, 0.4) is 0 Å². The average Bonchev–Trinajstić information content (AvgIpc) is 3.12. The summed E-state index contributed by atoms with van der Waals surface area (Å²) < 4.78 is 11.0. The Morgan fingerprint density at radius 3 is 2.61 bits per heavy atom. The largest absolute Gasteiger partial charge is 0.491 e. The van der Waals surface area contributed by atoms with Crippen molar-refractivity contribution in [3.8, 4) is 5.75 Å². The third kappa shape index (κ3) is 4.19. The van der Waals surface area contributed by atoms with Crippen molar-refractivity contribution in [3.05, 3.63) is 42.0 Å². The highest BCUT2D eigenvalue weighted by Gasteiger charge is 2.40. The number of hydrogen-bond donors (Lipinski definition) is 0. The smallest absolute Gasteiger partial charge is 0.123 e. The minimum atomic E-state index is -0.0381. The first-order valence-electron chi connectivity index (χ1n) is 6.72. The SMILES string of the molecule is CC/C=C/CCc1ccc(OCC2(C)CO2)cc1. The van der Waals surface area contributed by atoms with Gasteiger partial charge in [-0.2, -0.15) is 0 Å². The van der Waals surface area contributed by atoms with Crippen LogP contribution in [-0.4, -0.2) is 18.8 Å². The maximum Gasteiger partial charge on any atom is 0.123 e. The fourth-order valence-corrected chi connectivity index (χ4v) is 1.73. The molecule has 0 aromatic heterocycles. The molecule has 1 aliphatic heterocycles. The van der Waals surface area contributed by atoms with E-state index in [2.05, 4.69) is 38.1 Å². The van der Waals surface area contributed by atoms with Gasteiger partial charge in [-0.05, 0) is 43.9 Å². The van der Waals surface area contributed by atoms with Crippen molar-refractivity contribution >= 4 is 0 Å². The predicted octanol–water partition coefficient (Wildman–Crippen LogP) is 3.75. The summed E-state index contributed by atoms with van der Waals surface area (Å²) in [4.78, 5) is 0. The Hall–Kier alpha value is -1.28. The molecule has 1 unspecified atom stereocenters. The Kier molecular flexibility index (Phi) is 4.43. The number of epoxide rings is 1. The summed E-state index contributed by atoms with van der Waals surface area (Å²) in [6, 6.07) is 8.38. The van der Waals surface area contributed by atoms with Gasteiger partial charge >= 0.3 is 0 Å². The molecule has 0 amide bonds. The molecule has 0 radical (unpaired) electrons. The fourth-order valence-electron chi connectivity index (χ4n) is 1.73. The standard InChI is InChI=1S/C16H22O2/c1-3-4-5-6-7-14-8-10-15(11-9-14)17-12-16(2)13-18-16/h4-5,8-11H,3,6-7,12-13H2,1-2H3/b5-4+. The first-order chi connectivity index (χ1) is 8.72. The number of aryl methyl sites for hydroxylation is 1. The highest BCUT2D eigenvalue weighted by atomic mass is 16.6. The Morgan fingerprint density at radius 2 is 2.00 bits per heavy atom. The van der Waals surface area contributed by atoms with Crippen LogP contribution in [0, 0.1) is 0 Å². The van der Waals surface area contributed by atoms with Crippen LogP contribution in [0.25, 0.3) is 0 Å². The monoisotopic (exact) mass is 246 g/mol. The van der Waals surface area contributed by atoms with Crippen molar-refractivity contribution in [2.75, 3.05) is 13.2 Å². The molecule has 98 valence electrons. The minimum absolute atomic E-state index is 0.0381. The van der Waals surface area contributed by atoms with Crippen LogP contribution in [0.5, 0.6) is 5.75 Å². The molecule has 1 heterocycles. The van der Waals surface area contributed by atoms with E-state index in [1.54, 1.807) is 0 Å². The summed E-state index contributed by atoms with van der Waals surface area (Å²) in [5.41, 5.74) is 1.32. The van der Waals surface area contributed by atoms with Gasteiger partial charge in [0.1, 0.15) is 18.0 Å². The van der Waals surface area contributed by atoms with Gasteiger partial charge in [0.2, 0.25) is 0 Å². The summed E-state index contributed by atoms with van der Waals surface area (Å²) in [7, 11) is 0. The van der Waals surface area contributed by atoms with Gasteiger partial charge in [0.25, 0.3) is 0 Å². The van der Waals surface area contributed by atoms with E-state index >= 15 is 0 Å². The second-order valence-electron chi connectivity index (χ2n) is 5.09. The molecular weight excluding hydrogens is 224 g/mol. The molecule has 1 aromatic carbocycles. The Labute approximate surface area is 110 Å². The van der Waals surface area contributed by atoms with Gasteiger partial charge in [-0.3, -0.25) is 0 Å². The van der Waals surface area contributed by atoms with Gasteiger partial charge in [0.15, 0.2) is 0 Å². The Morgan fingerprint density at radius 1 is 1.28 bits per heavy atom. The van der Waals surface area contributed by atoms with E-state index < -0.39 is 0 Å². The number of benzene rings is 1. The van der Waals surface area contributed by atoms with E-state index in [9.17, 15) is 0 Å². The van der Waals surface area contributed by atoms with E-state index in [1.807, 2.05) is 12.1 Å². The zero-order valence-electron chi connectivity index (χ0n) is 11.3. The van der Waals surface area contributed by atoms with Crippen molar-refractivity contribution < 1.29 is 9.47 Å². The van der Waals surface area contributed by atoms with Gasteiger partial charge in [-0.15, -0.1) is 0 Å². The Balaban J connectivity index is 1.76. The lowest BCUT2D eigenvalue weighted by Gasteiger charge is -2.09. The molecule has 0 aliphatic carbocycles. The molecule has 1 fully saturated rings. The second kappa shape index (κ2) is 6.05. The molecule has 2 rings (SSSR count). The van der Waals surface area contributed by atoms with E-state index in [-0.39, 0.29) is 5.60 Å². The maximum absolute atomic E-state index is 5.69. The second-order valence-corrected chi connectivity index (χ2v) is 5.09. The molecule has 1 atom stereocenters. The number of allylic oxidation sites excluding steroid dienone is 2. The lowest BCUT2D eigenvalue weighted by atomic mass is 10.1. The topological polar surface area (TPSA) is 21.8 Å². The molecule has 2 nitrogen and oxygen atoms in total. The van der Waals surface area contributed by atoms with Gasteiger partial charge in [-0.1, -0.05) is 31.2 Å². The Bertz CT molecular complexity index is 388. The highest BCUT2D eigenvalue weighted by molar-refractivity contribution is 5.27. The van der Waals surface area contributed by atoms with Crippen LogP contribution >= 0.6 is 0 Å². The third-order valence-corrected chi connectivity index (χ3v) is 3.11. The van der Waals surface area contributed by atoms with Gasteiger partial charge in [0, 0.05) is 0 Å². The lowest BCUT2D eigenvalue weighted by molar-refractivity contribution is 0.202. The highest BCUT2D eigenvalue weighted by Crippen LogP contribution is 2.27. The van der Waals surface area contributed by atoms with E-state index in [0.717, 1.165) is 31.6 Å². The van der Waals surface area contributed by atoms with Gasteiger partial charge in [0.05, 0.1) is 6.61 Å². The zero-order valence-corrected chi connectivity index (χ0v) is 11.3. The first-order valence-corrected chi connectivity index (χ1v) is 6.72. The molecule has 0 N–H and O–H groups in total. The van der Waals surface area contributed by atoms with Gasteiger partial charge < -0.3 is 9.47 Å². The number of rotatable bonds is 7. The molecule has 1 aromatic rings. The molecule has 1 aliphatic rings. The quantitative estimate of drug-likeness (QED) is 0.540. The van der Waals surface area contributed by atoms with Crippen LogP contribution < -0.4 is 4.74 Å². The van der Waals surface area contributed by atoms with Gasteiger partial charge in [-0.25, -0.2) is 0 Å². The number of hydrogen-bond acceptors (Lipinski definition) is 2. The molecule has 0 spiro atoms. The lowest BCUT2D eigenvalue weighted by Crippen LogP contribution is -2.16. The summed E-state index contributed by atoms with van der Waals surface area (Å²) in [5.74, 6) is 0.930. The summed E-state index contributed by atoms with van der Waals surface area (Å²) in [6.45, 7) is 5.69. The van der Waals surface area contributed by atoms with E-state index in [4.69, 9.17) is 9.47 Å². The van der Waals surface area contributed by atoms with Crippen LogP contribution in [0.15, 0.2) is 36.4 Å². The van der Waals surface area contributed by atoms with Crippen LogP contribution in [-0.2, 0) is 11.2 Å². The van der Waals surface area contributed by atoms with E-state index in [1.165, 1.54) is 5.56 Å². The molecule has 1 saturated heterocycles. The third-order valence-electron chi connectivity index (χ3n) is 3.11. The van der Waals surface area contributed by atoms with Crippen LogP contribution in [0.2, 0.25) is 0 Å². The molecule has 18 heavy (non-hydrogen) atoms. The molecular formula is C16H22O2. The molecule has 0 bridgehead atoms. The minimum Gasteiger partial charge on any atom is -0.491 e. The average molecular weight is 246 g/mol. The first kappa shape index (κ1) is 13.2. The fraction of sp³-hybridized carbons (Fsp3) is 0.500. The van der Waals surface area contributed by atoms with Crippen molar-refractivity contribution in [1.82, 2.24) is 0 Å². The van der Waals surface area contributed by atoms with Crippen molar-refractivity contribution in [2.45, 2.75) is 38.7 Å². The van der Waals surface area contributed by atoms with Crippen LogP contribution in [0.1, 0.15) is 32.3 Å². The maximum atomic E-state index is 5.69. The molecule has 0 saturated carbocycles. The predicted molar refractivity (Wildman–Crippen MR) is 74.0 cm³/mol. The zero-order chi connectivity index (χ0) is 12.8. The normalized spacial score (nSPS) is 22.3.